The smallest absolute Gasteiger partial charge is 0.261 e. The molecule has 0 radical (unpaired) electrons. The van der Waals surface area contributed by atoms with E-state index in [-0.39, 0.29) is 22.9 Å². The molecule has 0 bridgehead atoms. The zero-order chi connectivity index (χ0) is 22.8. The summed E-state index contributed by atoms with van der Waals surface area (Å²) in [6.45, 7) is 3.24. The van der Waals surface area contributed by atoms with Gasteiger partial charge < -0.3 is 14.8 Å². The highest BCUT2D eigenvalue weighted by molar-refractivity contribution is 5.97. The quantitative estimate of drug-likeness (QED) is 0.673. The highest BCUT2D eigenvalue weighted by atomic mass is 16.2. The van der Waals surface area contributed by atoms with Gasteiger partial charge in [-0.25, -0.2) is 0 Å². The second-order valence-corrected chi connectivity index (χ2v) is 8.47. The van der Waals surface area contributed by atoms with E-state index in [1.54, 1.807) is 17.0 Å². The SMILES string of the molecule is O=C(c1ccc(-c2ccccc2)[nH]c1=O)N1CCN(CC(=O)N2CCc3ccccc32)CC1. The third-order valence-electron chi connectivity index (χ3n) is 6.43. The lowest BCUT2D eigenvalue weighted by Crippen LogP contribution is -2.52. The van der Waals surface area contributed by atoms with Gasteiger partial charge in [-0.3, -0.25) is 19.3 Å². The predicted octanol–water partition coefficient (Wildman–Crippen LogP) is 2.39. The average Bonchev–Trinajstić information content (AvgIpc) is 3.29. The van der Waals surface area contributed by atoms with Crippen molar-refractivity contribution in [2.24, 2.45) is 0 Å². The van der Waals surface area contributed by atoms with Crippen LogP contribution in [0.3, 0.4) is 0 Å². The van der Waals surface area contributed by atoms with Crippen molar-refractivity contribution in [2.45, 2.75) is 6.42 Å². The number of aromatic nitrogens is 1. The Kier molecular flexibility index (Phi) is 5.79. The number of pyridine rings is 1. The number of carbonyl (C=O) groups is 2. The average molecular weight is 443 g/mol. The maximum Gasteiger partial charge on any atom is 0.261 e. The number of hydrogen-bond donors (Lipinski definition) is 1. The number of para-hydroxylation sites is 1. The first-order chi connectivity index (χ1) is 16.1. The fourth-order valence-electron chi connectivity index (χ4n) is 4.58. The van der Waals surface area contributed by atoms with E-state index in [0.29, 0.717) is 38.4 Å². The Bertz CT molecular complexity index is 1230. The molecule has 7 heteroatoms. The van der Waals surface area contributed by atoms with Gasteiger partial charge in [0.1, 0.15) is 5.56 Å². The highest BCUT2D eigenvalue weighted by Gasteiger charge is 2.28. The number of rotatable bonds is 4. The molecule has 33 heavy (non-hydrogen) atoms. The molecule has 0 atom stereocenters. The summed E-state index contributed by atoms with van der Waals surface area (Å²) in [5.74, 6) is -0.178. The molecule has 0 spiro atoms. The van der Waals surface area contributed by atoms with Crippen molar-refractivity contribution in [1.29, 1.82) is 0 Å². The Labute approximate surface area is 192 Å². The van der Waals surface area contributed by atoms with Gasteiger partial charge in [0.2, 0.25) is 5.91 Å². The topological polar surface area (TPSA) is 76.7 Å². The molecule has 7 nitrogen and oxygen atoms in total. The lowest BCUT2D eigenvalue weighted by atomic mass is 10.1. The fourth-order valence-corrected chi connectivity index (χ4v) is 4.58. The summed E-state index contributed by atoms with van der Waals surface area (Å²) in [5.41, 5.74) is 3.57. The maximum atomic E-state index is 13.0. The maximum absolute atomic E-state index is 13.0. The largest absolute Gasteiger partial charge is 0.336 e. The molecule has 2 aliphatic heterocycles. The van der Waals surface area contributed by atoms with Gasteiger partial charge in [0.15, 0.2) is 0 Å². The van der Waals surface area contributed by atoms with Crippen LogP contribution in [0, 0.1) is 0 Å². The summed E-state index contributed by atoms with van der Waals surface area (Å²) in [7, 11) is 0. The number of nitrogens with one attached hydrogen (secondary N) is 1. The van der Waals surface area contributed by atoms with E-state index in [4.69, 9.17) is 0 Å². The molecule has 1 saturated heterocycles. The molecule has 168 valence electrons. The van der Waals surface area contributed by atoms with Crippen LogP contribution >= 0.6 is 0 Å². The molecule has 0 saturated carbocycles. The van der Waals surface area contributed by atoms with Crippen LogP contribution in [0.15, 0.2) is 71.5 Å². The van der Waals surface area contributed by atoms with Crippen LogP contribution in [0.25, 0.3) is 11.3 Å². The first-order valence-corrected chi connectivity index (χ1v) is 11.3. The molecule has 0 aliphatic carbocycles. The van der Waals surface area contributed by atoms with Gasteiger partial charge in [0, 0.05) is 44.1 Å². The Morgan fingerprint density at radius 1 is 0.818 bits per heavy atom. The van der Waals surface area contributed by atoms with Gasteiger partial charge in [-0.15, -0.1) is 0 Å². The monoisotopic (exact) mass is 442 g/mol. The van der Waals surface area contributed by atoms with Gasteiger partial charge >= 0.3 is 0 Å². The normalized spacial score (nSPS) is 16.0. The number of hydrogen-bond acceptors (Lipinski definition) is 4. The van der Waals surface area contributed by atoms with Crippen LogP contribution in [0.4, 0.5) is 5.69 Å². The summed E-state index contributed by atoms with van der Waals surface area (Å²) in [6, 6.07) is 20.9. The number of anilines is 1. The van der Waals surface area contributed by atoms with Crippen molar-refractivity contribution in [3.05, 3.63) is 88.2 Å². The lowest BCUT2D eigenvalue weighted by molar-refractivity contribution is -0.120. The summed E-state index contributed by atoms with van der Waals surface area (Å²) in [4.78, 5) is 46.9. The second-order valence-electron chi connectivity index (χ2n) is 8.47. The minimum absolute atomic E-state index is 0.0904. The van der Waals surface area contributed by atoms with Crippen LogP contribution in [0.1, 0.15) is 15.9 Å². The number of fused-ring (bicyclic) bond motifs is 1. The Morgan fingerprint density at radius 3 is 2.30 bits per heavy atom. The van der Waals surface area contributed by atoms with Gasteiger partial charge in [-0.2, -0.15) is 0 Å². The zero-order valence-electron chi connectivity index (χ0n) is 18.4. The standard InChI is InChI=1S/C26H26N4O3/c31-24(30-13-12-20-8-4-5-9-23(20)30)18-28-14-16-29(17-15-28)26(33)21-10-11-22(27-25(21)32)19-6-2-1-3-7-19/h1-11H,12-18H2,(H,27,32). The number of amides is 2. The Morgan fingerprint density at radius 2 is 1.55 bits per heavy atom. The molecular formula is C26H26N4O3. The highest BCUT2D eigenvalue weighted by Crippen LogP contribution is 2.27. The van der Waals surface area contributed by atoms with Crippen LogP contribution in [0.5, 0.6) is 0 Å². The molecular weight excluding hydrogens is 416 g/mol. The van der Waals surface area contributed by atoms with E-state index in [2.05, 4.69) is 16.0 Å². The van der Waals surface area contributed by atoms with Gasteiger partial charge in [-0.1, -0.05) is 48.5 Å². The third-order valence-corrected chi connectivity index (χ3v) is 6.43. The number of benzene rings is 2. The summed E-state index contributed by atoms with van der Waals surface area (Å²) < 4.78 is 0. The van der Waals surface area contributed by atoms with E-state index < -0.39 is 0 Å². The molecule has 2 aromatic carbocycles. The third kappa shape index (κ3) is 4.32. The summed E-state index contributed by atoms with van der Waals surface area (Å²) >= 11 is 0. The molecule has 1 fully saturated rings. The van der Waals surface area contributed by atoms with Crippen molar-refractivity contribution >= 4 is 17.5 Å². The Hall–Kier alpha value is -3.71. The molecule has 2 aliphatic rings. The van der Waals surface area contributed by atoms with Crippen LogP contribution < -0.4 is 10.5 Å². The molecule has 0 unspecified atom stereocenters. The number of nitrogens with zero attached hydrogens (tertiary/aromatic N) is 3. The zero-order valence-corrected chi connectivity index (χ0v) is 18.4. The van der Waals surface area contributed by atoms with Crippen molar-refractivity contribution < 1.29 is 9.59 Å². The fraction of sp³-hybridized carbons (Fsp3) is 0.269. The minimum atomic E-state index is -0.383. The minimum Gasteiger partial charge on any atom is -0.336 e. The van der Waals surface area contributed by atoms with Crippen molar-refractivity contribution in [2.75, 3.05) is 44.2 Å². The first kappa shape index (κ1) is 21.2. The van der Waals surface area contributed by atoms with E-state index in [1.165, 1.54) is 5.56 Å². The summed E-state index contributed by atoms with van der Waals surface area (Å²) in [5, 5.41) is 0. The molecule has 3 aromatic rings. The lowest BCUT2D eigenvalue weighted by Gasteiger charge is -2.35. The molecule has 3 heterocycles. The van der Waals surface area contributed by atoms with Crippen molar-refractivity contribution in [3.8, 4) is 11.3 Å². The first-order valence-electron chi connectivity index (χ1n) is 11.3. The summed E-state index contributed by atoms with van der Waals surface area (Å²) in [6.07, 6.45) is 0.891. The van der Waals surface area contributed by atoms with Crippen LogP contribution in [-0.4, -0.2) is 65.9 Å². The van der Waals surface area contributed by atoms with E-state index in [1.807, 2.05) is 53.4 Å². The molecule has 2 amide bonds. The van der Waals surface area contributed by atoms with Crippen LogP contribution in [-0.2, 0) is 11.2 Å². The van der Waals surface area contributed by atoms with E-state index >= 15 is 0 Å². The predicted molar refractivity (Wildman–Crippen MR) is 127 cm³/mol. The number of piperazine rings is 1. The van der Waals surface area contributed by atoms with Crippen molar-refractivity contribution in [3.63, 3.8) is 0 Å². The molecule has 1 aromatic heterocycles. The van der Waals surface area contributed by atoms with E-state index in [0.717, 1.165) is 24.2 Å². The molecule has 1 N–H and O–H groups in total. The van der Waals surface area contributed by atoms with Crippen LogP contribution in [0.2, 0.25) is 0 Å². The number of carbonyl (C=O) groups excluding carboxylic acids is 2. The second kappa shape index (κ2) is 9.03. The number of H-pyrrole nitrogens is 1. The van der Waals surface area contributed by atoms with Gasteiger partial charge in [0.25, 0.3) is 11.5 Å². The molecule has 5 rings (SSSR count). The van der Waals surface area contributed by atoms with Gasteiger partial charge in [-0.05, 0) is 35.7 Å². The van der Waals surface area contributed by atoms with Crippen molar-refractivity contribution in [1.82, 2.24) is 14.8 Å². The number of aromatic amines is 1. The Balaban J connectivity index is 1.19. The van der Waals surface area contributed by atoms with Gasteiger partial charge in [0.05, 0.1) is 6.54 Å². The van der Waals surface area contributed by atoms with E-state index in [9.17, 15) is 14.4 Å².